The monoisotopic (exact) mass is 285 g/mol. The maximum absolute atomic E-state index is 11.6. The molecule has 1 rings (SSSR count). The molecular weight excluding hydrogens is 262 g/mol. The fourth-order valence-corrected chi connectivity index (χ4v) is 5.29. The predicted molar refractivity (Wildman–Crippen MR) is 79.4 cm³/mol. The van der Waals surface area contributed by atoms with Crippen LogP contribution in [-0.4, -0.2) is 16.5 Å². The first-order valence-corrected chi connectivity index (χ1v) is 10.6. The summed E-state index contributed by atoms with van der Waals surface area (Å²) in [6.45, 7) is 13.0. The molecule has 1 aromatic rings. The molecule has 0 spiro atoms. The minimum Gasteiger partial charge on any atom is -0.225 e. The first-order valence-electron chi connectivity index (χ1n) is 6.02. The van der Waals surface area contributed by atoms with Gasteiger partial charge in [-0.1, -0.05) is 51.2 Å². The summed E-state index contributed by atoms with van der Waals surface area (Å²) in [6, 6.07) is 5.42. The lowest BCUT2D eigenvalue weighted by atomic mass is 10.2. The van der Waals surface area contributed by atoms with Gasteiger partial charge in [0.05, 0.1) is 13.0 Å². The summed E-state index contributed by atoms with van der Waals surface area (Å²) in [5.41, 5.74) is 0.812. The van der Waals surface area contributed by atoms with Crippen molar-refractivity contribution in [1.29, 1.82) is 0 Å². The van der Waals surface area contributed by atoms with Crippen LogP contribution >= 0.6 is 0 Å². The first kappa shape index (κ1) is 15.4. The third-order valence-electron chi connectivity index (χ3n) is 4.14. The maximum atomic E-state index is 11.6. The molecule has 1 aromatic carbocycles. The third-order valence-corrected chi connectivity index (χ3v) is 10.8. The van der Waals surface area contributed by atoms with Gasteiger partial charge in [0.2, 0.25) is 10.0 Å². The van der Waals surface area contributed by atoms with Gasteiger partial charge in [-0.25, -0.2) is 13.6 Å². The second-order valence-electron chi connectivity index (χ2n) is 6.35. The number of benzene rings is 1. The normalized spacial score (nSPS) is 13.7. The van der Waals surface area contributed by atoms with Gasteiger partial charge in [0.25, 0.3) is 0 Å². The van der Waals surface area contributed by atoms with Gasteiger partial charge in [-0.2, -0.15) is 0 Å². The molecule has 0 aliphatic rings. The second kappa shape index (κ2) is 4.47. The van der Waals surface area contributed by atoms with Crippen LogP contribution in [0.3, 0.4) is 0 Å². The van der Waals surface area contributed by atoms with E-state index in [-0.39, 0.29) is 9.93 Å². The Labute approximate surface area is 111 Å². The Bertz CT molecular complexity index is 557. The van der Waals surface area contributed by atoms with E-state index < -0.39 is 18.1 Å². The Kier molecular flexibility index (Phi) is 3.83. The average Bonchev–Trinajstić information content (AvgIpc) is 2.13. The first-order chi connectivity index (χ1) is 7.89. The van der Waals surface area contributed by atoms with Crippen LogP contribution in [-0.2, 0) is 10.0 Å². The lowest BCUT2D eigenvalue weighted by molar-refractivity contribution is 0.597. The van der Waals surface area contributed by atoms with Gasteiger partial charge < -0.3 is 0 Å². The molecule has 0 aromatic heterocycles. The van der Waals surface area contributed by atoms with Crippen molar-refractivity contribution in [2.24, 2.45) is 5.14 Å². The maximum Gasteiger partial charge on any atom is 0.238 e. The van der Waals surface area contributed by atoms with E-state index in [2.05, 4.69) is 33.9 Å². The largest absolute Gasteiger partial charge is 0.238 e. The van der Waals surface area contributed by atoms with Crippen LogP contribution in [0.2, 0.25) is 18.1 Å². The van der Waals surface area contributed by atoms with Crippen LogP contribution in [0.5, 0.6) is 0 Å². The summed E-state index contributed by atoms with van der Waals surface area (Å²) >= 11 is 0. The molecule has 0 bridgehead atoms. The van der Waals surface area contributed by atoms with Crippen molar-refractivity contribution >= 4 is 23.3 Å². The van der Waals surface area contributed by atoms with Crippen molar-refractivity contribution in [1.82, 2.24) is 0 Å². The van der Waals surface area contributed by atoms with Crippen LogP contribution in [0.1, 0.15) is 26.3 Å². The van der Waals surface area contributed by atoms with Crippen molar-refractivity contribution in [2.75, 3.05) is 0 Å². The molecule has 0 heterocycles. The van der Waals surface area contributed by atoms with Crippen LogP contribution < -0.4 is 10.3 Å². The SMILES string of the molecule is Cc1c([Si](C)(C)C(C)(C)C)cccc1S(N)(=O)=O. The summed E-state index contributed by atoms with van der Waals surface area (Å²) in [6.07, 6.45) is 0. The highest BCUT2D eigenvalue weighted by Gasteiger charge is 2.38. The number of rotatable bonds is 2. The molecule has 0 atom stereocenters. The van der Waals surface area contributed by atoms with Gasteiger partial charge in [0.1, 0.15) is 0 Å². The Morgan fingerprint density at radius 2 is 1.67 bits per heavy atom. The third kappa shape index (κ3) is 2.68. The van der Waals surface area contributed by atoms with Crippen molar-refractivity contribution in [3.63, 3.8) is 0 Å². The smallest absolute Gasteiger partial charge is 0.225 e. The van der Waals surface area contributed by atoms with Crippen LogP contribution in [0, 0.1) is 6.92 Å². The minimum atomic E-state index is -3.64. The molecule has 0 amide bonds. The number of hydrogen-bond acceptors (Lipinski definition) is 2. The molecule has 2 N–H and O–H groups in total. The molecule has 0 aliphatic heterocycles. The van der Waals surface area contributed by atoms with Crippen LogP contribution in [0.4, 0.5) is 0 Å². The molecule has 5 heteroatoms. The summed E-state index contributed by atoms with van der Waals surface area (Å²) in [5, 5.41) is 6.60. The highest BCUT2D eigenvalue weighted by molar-refractivity contribution is 7.89. The van der Waals surface area contributed by atoms with Gasteiger partial charge in [-0.15, -0.1) is 0 Å². The van der Waals surface area contributed by atoms with E-state index >= 15 is 0 Å². The number of nitrogens with two attached hydrogens (primary N) is 1. The van der Waals surface area contributed by atoms with Crippen LogP contribution in [0.25, 0.3) is 0 Å². The van der Waals surface area contributed by atoms with Crippen molar-refractivity contribution in [3.05, 3.63) is 23.8 Å². The molecule has 18 heavy (non-hydrogen) atoms. The Hall–Kier alpha value is -0.653. The Morgan fingerprint density at radius 1 is 1.17 bits per heavy atom. The fraction of sp³-hybridized carbons (Fsp3) is 0.538. The molecule has 0 radical (unpaired) electrons. The van der Waals surface area contributed by atoms with Gasteiger partial charge in [0.15, 0.2) is 0 Å². The van der Waals surface area contributed by atoms with Gasteiger partial charge in [0, 0.05) is 0 Å². The zero-order valence-electron chi connectivity index (χ0n) is 12.0. The lowest BCUT2D eigenvalue weighted by Gasteiger charge is -2.38. The molecule has 0 unspecified atom stereocenters. The fourth-order valence-electron chi connectivity index (χ4n) is 2.00. The zero-order valence-corrected chi connectivity index (χ0v) is 13.9. The molecule has 102 valence electrons. The van der Waals surface area contributed by atoms with Gasteiger partial charge >= 0.3 is 0 Å². The van der Waals surface area contributed by atoms with E-state index in [1.165, 1.54) is 5.19 Å². The molecular formula is C13H23NO2SSi. The van der Waals surface area contributed by atoms with Crippen molar-refractivity contribution < 1.29 is 8.42 Å². The number of sulfonamides is 1. The average molecular weight is 285 g/mol. The van der Waals surface area contributed by atoms with Gasteiger partial charge in [-0.05, 0) is 23.6 Å². The lowest BCUT2D eigenvalue weighted by Crippen LogP contribution is -2.51. The molecule has 0 saturated carbocycles. The van der Waals surface area contributed by atoms with Crippen molar-refractivity contribution in [3.8, 4) is 0 Å². The Morgan fingerprint density at radius 3 is 2.06 bits per heavy atom. The van der Waals surface area contributed by atoms with E-state index in [1.54, 1.807) is 12.1 Å². The van der Waals surface area contributed by atoms with E-state index in [4.69, 9.17) is 5.14 Å². The molecule has 0 saturated heterocycles. The summed E-state index contributed by atoms with van der Waals surface area (Å²) in [5.74, 6) is 0. The van der Waals surface area contributed by atoms with E-state index in [9.17, 15) is 8.42 Å². The highest BCUT2D eigenvalue weighted by Crippen LogP contribution is 2.36. The van der Waals surface area contributed by atoms with Crippen LogP contribution in [0.15, 0.2) is 23.1 Å². The van der Waals surface area contributed by atoms with Gasteiger partial charge in [-0.3, -0.25) is 0 Å². The number of hydrogen-bond donors (Lipinski definition) is 1. The predicted octanol–water partition coefficient (Wildman–Crippen LogP) is 2.36. The summed E-state index contributed by atoms with van der Waals surface area (Å²) < 4.78 is 23.2. The summed E-state index contributed by atoms with van der Waals surface area (Å²) in [4.78, 5) is 0.254. The quantitative estimate of drug-likeness (QED) is 0.848. The molecule has 0 aliphatic carbocycles. The standard InChI is InChI=1S/C13H23NO2SSi/c1-10-11(17(14,15)16)8-7-9-12(10)18(5,6)13(2,3)4/h7-9H,1-6H3,(H2,14,15,16). The second-order valence-corrected chi connectivity index (χ2v) is 13.2. The summed E-state index contributed by atoms with van der Waals surface area (Å²) in [7, 11) is -5.40. The van der Waals surface area contributed by atoms with E-state index in [0.29, 0.717) is 0 Å². The van der Waals surface area contributed by atoms with Crippen molar-refractivity contribution in [2.45, 2.75) is 50.7 Å². The molecule has 3 nitrogen and oxygen atoms in total. The molecule has 0 fully saturated rings. The highest BCUT2D eigenvalue weighted by atomic mass is 32.2. The number of primary sulfonamides is 1. The van der Waals surface area contributed by atoms with E-state index in [0.717, 1.165) is 5.56 Å². The minimum absolute atomic E-state index is 0.161. The zero-order chi connectivity index (χ0) is 14.4. The topological polar surface area (TPSA) is 60.2 Å². The van der Waals surface area contributed by atoms with E-state index in [1.807, 2.05) is 13.0 Å². The Balaban J connectivity index is 3.56.